The second kappa shape index (κ2) is 18.2. The highest BCUT2D eigenvalue weighted by Gasteiger charge is 2.50. The Morgan fingerprint density at radius 2 is 1.02 bits per heavy atom. The van der Waals surface area contributed by atoms with E-state index in [9.17, 15) is 9.59 Å². The van der Waals surface area contributed by atoms with E-state index in [-0.39, 0.29) is 32.8 Å². The van der Waals surface area contributed by atoms with Crippen LogP contribution >= 0.6 is 0 Å². The van der Waals surface area contributed by atoms with Gasteiger partial charge in [0.25, 0.3) is 8.32 Å². The van der Waals surface area contributed by atoms with Gasteiger partial charge < -0.3 is 13.3 Å². The molecule has 0 bridgehead atoms. The van der Waals surface area contributed by atoms with Crippen molar-refractivity contribution in [3.05, 3.63) is 60.7 Å². The van der Waals surface area contributed by atoms with Gasteiger partial charge in [0.2, 0.25) is 0 Å². The average molecular weight is 727 g/mol. The quantitative estimate of drug-likeness (QED) is 0.100. The summed E-state index contributed by atoms with van der Waals surface area (Å²) in [6.45, 7) is 30.7. The van der Waals surface area contributed by atoms with Gasteiger partial charge in [-0.3, -0.25) is 9.59 Å². The maximum atomic E-state index is 13.1. The van der Waals surface area contributed by atoms with Crippen LogP contribution in [0.4, 0.5) is 0 Å². The van der Waals surface area contributed by atoms with Crippen LogP contribution in [-0.4, -0.2) is 55.8 Å². The molecule has 1 atom stereocenters. The maximum Gasteiger partial charge on any atom is 0.261 e. The van der Waals surface area contributed by atoms with E-state index in [1.165, 1.54) is 10.4 Å². The third-order valence-electron chi connectivity index (χ3n) is 11.0. The van der Waals surface area contributed by atoms with E-state index in [1.54, 1.807) is 0 Å². The number of carbonyl (C=O) groups excluding carboxylic acids is 2. The molecule has 0 aliphatic carbocycles. The molecular formula is C41H70O5Si3. The first-order valence-electron chi connectivity index (χ1n) is 18.6. The molecule has 2 aromatic rings. The fourth-order valence-corrected chi connectivity index (χ4v) is 12.9. The predicted molar refractivity (Wildman–Crippen MR) is 216 cm³/mol. The van der Waals surface area contributed by atoms with E-state index in [4.69, 9.17) is 13.3 Å². The molecule has 49 heavy (non-hydrogen) atoms. The zero-order chi connectivity index (χ0) is 37.2. The van der Waals surface area contributed by atoms with Crippen molar-refractivity contribution in [3.8, 4) is 0 Å². The molecule has 0 aliphatic heterocycles. The summed E-state index contributed by atoms with van der Waals surface area (Å²) in [5.74, 6) is 0.319. The van der Waals surface area contributed by atoms with Gasteiger partial charge in [-0.1, -0.05) is 123 Å². The summed E-state index contributed by atoms with van der Waals surface area (Å²) in [5, 5.41) is 2.66. The number of rotatable bonds is 20. The molecule has 2 aromatic carbocycles. The minimum Gasteiger partial charge on any atom is -0.417 e. The predicted octanol–water partition coefficient (Wildman–Crippen LogP) is 10.2. The van der Waals surface area contributed by atoms with Crippen molar-refractivity contribution in [1.82, 2.24) is 0 Å². The van der Waals surface area contributed by atoms with Crippen molar-refractivity contribution in [2.75, 3.05) is 13.2 Å². The van der Waals surface area contributed by atoms with Gasteiger partial charge in [-0.2, -0.15) is 0 Å². The van der Waals surface area contributed by atoms with Crippen molar-refractivity contribution in [2.45, 2.75) is 161 Å². The van der Waals surface area contributed by atoms with Crippen molar-refractivity contribution in [1.29, 1.82) is 0 Å². The molecule has 0 amide bonds. The van der Waals surface area contributed by atoms with Crippen molar-refractivity contribution < 1.29 is 22.9 Å². The standard InChI is InChI=1S/C41H70O5Si3/c1-39(2,3)47(10,11)44-32-21-20-22-34(42)27-28-35(43)29-30-36(46-48(12,13)40(4,5)6)31-33-45-49(41(7,8)9,37-23-16-14-17-24-37)38-25-18-15-19-26-38/h14-19,23-26,36H,20-22,27-33H2,1-13H3. The molecule has 2 rings (SSSR count). The molecule has 0 aliphatic rings. The maximum absolute atomic E-state index is 13.1. The second-order valence-corrected chi connectivity index (χ2v) is 31.9. The molecule has 0 fully saturated rings. The van der Waals surface area contributed by atoms with Gasteiger partial charge in [-0.25, -0.2) is 0 Å². The number of ketones is 2. The fourth-order valence-electron chi connectivity index (χ4n) is 5.78. The number of hydrogen-bond acceptors (Lipinski definition) is 5. The van der Waals surface area contributed by atoms with Crippen LogP contribution < -0.4 is 10.4 Å². The Labute approximate surface area is 303 Å². The Kier molecular flexibility index (Phi) is 16.1. The van der Waals surface area contributed by atoms with Gasteiger partial charge in [0, 0.05) is 45.0 Å². The van der Waals surface area contributed by atoms with Crippen LogP contribution in [-0.2, 0) is 22.9 Å². The van der Waals surface area contributed by atoms with Crippen LogP contribution in [0, 0.1) is 0 Å². The Morgan fingerprint density at radius 1 is 0.551 bits per heavy atom. The molecule has 0 aromatic heterocycles. The monoisotopic (exact) mass is 726 g/mol. The van der Waals surface area contributed by atoms with Crippen molar-refractivity contribution in [2.24, 2.45) is 0 Å². The van der Waals surface area contributed by atoms with Crippen LogP contribution in [0.15, 0.2) is 60.7 Å². The smallest absolute Gasteiger partial charge is 0.261 e. The lowest BCUT2D eigenvalue weighted by Gasteiger charge is -2.44. The Morgan fingerprint density at radius 3 is 1.47 bits per heavy atom. The molecule has 0 N–H and O–H groups in total. The van der Waals surface area contributed by atoms with E-state index in [1.807, 2.05) is 0 Å². The SMILES string of the molecule is CC(C)(C)[Si](C)(C)OCCCCC(=O)CCC(=O)CCC(CCO[Si](c1ccccc1)(c1ccccc1)C(C)(C)C)O[Si](C)(C)C(C)(C)C. The summed E-state index contributed by atoms with van der Waals surface area (Å²) >= 11 is 0. The molecular weight excluding hydrogens is 657 g/mol. The summed E-state index contributed by atoms with van der Waals surface area (Å²) in [6.07, 6.45) is 4.56. The van der Waals surface area contributed by atoms with E-state index < -0.39 is 25.0 Å². The Balaban J connectivity index is 2.05. The fraction of sp³-hybridized carbons (Fsp3) is 0.659. The highest BCUT2D eigenvalue weighted by molar-refractivity contribution is 6.99. The van der Waals surface area contributed by atoms with Gasteiger partial charge in [0.05, 0.1) is 0 Å². The summed E-state index contributed by atoms with van der Waals surface area (Å²) in [5.41, 5.74) is 0. The molecule has 8 heteroatoms. The zero-order valence-electron chi connectivity index (χ0n) is 33.5. The van der Waals surface area contributed by atoms with Crippen molar-refractivity contribution in [3.63, 3.8) is 0 Å². The zero-order valence-corrected chi connectivity index (χ0v) is 36.5. The lowest BCUT2D eigenvalue weighted by molar-refractivity contribution is -0.124. The third kappa shape index (κ3) is 12.8. The van der Waals surface area contributed by atoms with Gasteiger partial charge in [-0.15, -0.1) is 0 Å². The van der Waals surface area contributed by atoms with Gasteiger partial charge >= 0.3 is 0 Å². The van der Waals surface area contributed by atoms with E-state index in [2.05, 4.69) is 149 Å². The van der Waals surface area contributed by atoms with Gasteiger partial charge in [0.1, 0.15) is 11.6 Å². The summed E-state index contributed by atoms with van der Waals surface area (Å²) in [7, 11) is -6.53. The number of hydrogen-bond donors (Lipinski definition) is 0. The number of benzene rings is 2. The normalized spacial score (nSPS) is 14.1. The van der Waals surface area contributed by atoms with Crippen LogP contribution in [0.3, 0.4) is 0 Å². The summed E-state index contributed by atoms with van der Waals surface area (Å²) < 4.78 is 20.4. The molecule has 0 radical (unpaired) electrons. The first kappa shape index (κ1) is 43.5. The summed E-state index contributed by atoms with van der Waals surface area (Å²) in [4.78, 5) is 25.7. The molecule has 0 heterocycles. The van der Waals surface area contributed by atoms with Crippen LogP contribution in [0.5, 0.6) is 0 Å². The average Bonchev–Trinajstić information content (AvgIpc) is 2.99. The van der Waals surface area contributed by atoms with Gasteiger partial charge in [-0.05, 0) is 77.4 Å². The number of carbonyl (C=O) groups is 2. The lowest BCUT2D eigenvalue weighted by Crippen LogP contribution is -2.66. The van der Waals surface area contributed by atoms with Crippen molar-refractivity contribution >= 4 is 46.9 Å². The number of Topliss-reactive ketones (excluding diaryl/α,β-unsaturated/α-hetero) is 2. The summed E-state index contributed by atoms with van der Waals surface area (Å²) in [6, 6.07) is 21.5. The minimum atomic E-state index is -2.67. The minimum absolute atomic E-state index is 0.0518. The topological polar surface area (TPSA) is 61.8 Å². The molecule has 5 nitrogen and oxygen atoms in total. The Hall–Kier alpha value is -1.69. The molecule has 1 unspecified atom stereocenters. The van der Waals surface area contributed by atoms with Crippen LogP contribution in [0.1, 0.15) is 114 Å². The highest BCUT2D eigenvalue weighted by Crippen LogP contribution is 2.40. The van der Waals surface area contributed by atoms with E-state index in [0.717, 1.165) is 19.3 Å². The molecule has 0 saturated heterocycles. The first-order chi connectivity index (χ1) is 22.5. The molecule has 0 spiro atoms. The molecule has 0 saturated carbocycles. The van der Waals surface area contributed by atoms with E-state index in [0.29, 0.717) is 45.3 Å². The second-order valence-electron chi connectivity index (χ2n) is 18.0. The van der Waals surface area contributed by atoms with Crippen LogP contribution in [0.2, 0.25) is 41.3 Å². The molecule has 276 valence electrons. The van der Waals surface area contributed by atoms with Gasteiger partial charge in [0.15, 0.2) is 16.6 Å². The van der Waals surface area contributed by atoms with Crippen LogP contribution in [0.25, 0.3) is 0 Å². The third-order valence-corrected chi connectivity index (χ3v) is 25.1. The lowest BCUT2D eigenvalue weighted by atomic mass is 10.0. The highest BCUT2D eigenvalue weighted by atomic mass is 28.4. The first-order valence-corrected chi connectivity index (χ1v) is 26.4. The number of unbranched alkanes of at least 4 members (excludes halogenated alkanes) is 1. The van der Waals surface area contributed by atoms with E-state index >= 15 is 0 Å². The largest absolute Gasteiger partial charge is 0.417 e. The Bertz CT molecular complexity index is 1250.